The van der Waals surface area contributed by atoms with Gasteiger partial charge in [0.05, 0.1) is 11.1 Å². The lowest BCUT2D eigenvalue weighted by molar-refractivity contribution is -0.0259. The molecule has 0 aromatic heterocycles. The van der Waals surface area contributed by atoms with Gasteiger partial charge in [-0.1, -0.05) is 18.6 Å². The molecule has 4 aliphatic rings. The summed E-state index contributed by atoms with van der Waals surface area (Å²) in [4.78, 5) is 26.0. The zero-order valence-electron chi connectivity index (χ0n) is 16.1. The standard InChI is InChI=1S/C22H26O4/c1-10(2)6-7-12-8-15-19(24)21(25)22(4,5)26-20(15)17-16(12)13-9-14(11(13)3)18(17)23/h6,8,11,13-14,21,25H,7,9H2,1-5H3/t11-,13-,14+,21-/m1/s1. The predicted molar refractivity (Wildman–Crippen MR) is 99.0 cm³/mol. The third kappa shape index (κ3) is 2.24. The van der Waals surface area contributed by atoms with E-state index >= 15 is 0 Å². The number of benzene rings is 1. The highest BCUT2D eigenvalue weighted by atomic mass is 16.5. The van der Waals surface area contributed by atoms with Gasteiger partial charge in [0, 0.05) is 5.92 Å². The Morgan fingerprint density at radius 2 is 1.96 bits per heavy atom. The van der Waals surface area contributed by atoms with Gasteiger partial charge in [0.2, 0.25) is 0 Å². The molecule has 1 saturated carbocycles. The zero-order chi connectivity index (χ0) is 19.0. The molecule has 26 heavy (non-hydrogen) atoms. The predicted octanol–water partition coefficient (Wildman–Crippen LogP) is 3.85. The fourth-order valence-corrected chi connectivity index (χ4v) is 4.66. The molecule has 4 nitrogen and oxygen atoms in total. The van der Waals surface area contributed by atoms with Crippen LogP contribution >= 0.6 is 0 Å². The summed E-state index contributed by atoms with van der Waals surface area (Å²) in [6, 6.07) is 1.85. The molecule has 0 saturated heterocycles. The molecule has 1 aliphatic heterocycles. The number of Topliss-reactive ketones (excluding diaryl/α,β-unsaturated/α-hetero) is 2. The first-order chi connectivity index (χ1) is 12.1. The van der Waals surface area contributed by atoms with Gasteiger partial charge in [-0.05, 0) is 69.6 Å². The number of hydrogen-bond acceptors (Lipinski definition) is 4. The summed E-state index contributed by atoms with van der Waals surface area (Å²) in [6.45, 7) is 9.61. The first-order valence-corrected chi connectivity index (χ1v) is 9.42. The van der Waals surface area contributed by atoms with E-state index in [-0.39, 0.29) is 17.5 Å². The second-order valence-corrected chi connectivity index (χ2v) is 8.83. The summed E-state index contributed by atoms with van der Waals surface area (Å²) in [7, 11) is 0. The maximum atomic E-state index is 13.2. The van der Waals surface area contributed by atoms with E-state index < -0.39 is 11.7 Å². The van der Waals surface area contributed by atoms with E-state index in [0.29, 0.717) is 35.1 Å². The zero-order valence-corrected chi connectivity index (χ0v) is 16.1. The van der Waals surface area contributed by atoms with E-state index in [0.717, 1.165) is 17.5 Å². The van der Waals surface area contributed by atoms with Crippen LogP contribution in [0.5, 0.6) is 5.75 Å². The molecule has 4 atom stereocenters. The lowest BCUT2D eigenvalue weighted by atomic mass is 9.54. The molecule has 3 aliphatic carbocycles. The van der Waals surface area contributed by atoms with E-state index in [9.17, 15) is 14.7 Å². The molecule has 1 heterocycles. The number of carbonyl (C=O) groups is 2. The minimum Gasteiger partial charge on any atom is -0.483 e. The minimum atomic E-state index is -1.23. The second-order valence-electron chi connectivity index (χ2n) is 8.83. The van der Waals surface area contributed by atoms with Crippen molar-refractivity contribution < 1.29 is 19.4 Å². The number of rotatable bonds is 2. The van der Waals surface area contributed by atoms with Crippen molar-refractivity contribution in [3.63, 3.8) is 0 Å². The van der Waals surface area contributed by atoms with E-state index in [2.05, 4.69) is 13.0 Å². The number of aliphatic hydroxyl groups excluding tert-OH is 1. The molecule has 5 rings (SSSR count). The van der Waals surface area contributed by atoms with Crippen LogP contribution in [0.15, 0.2) is 17.7 Å². The van der Waals surface area contributed by atoms with Crippen LogP contribution in [0.1, 0.15) is 78.8 Å². The fraction of sp³-hybridized carbons (Fsp3) is 0.545. The molecule has 0 radical (unpaired) electrons. The van der Waals surface area contributed by atoms with Gasteiger partial charge in [0.15, 0.2) is 17.7 Å². The Morgan fingerprint density at radius 3 is 2.58 bits per heavy atom. The average Bonchev–Trinajstić information content (AvgIpc) is 2.56. The molecule has 4 heteroatoms. The van der Waals surface area contributed by atoms with Gasteiger partial charge in [0.25, 0.3) is 0 Å². The van der Waals surface area contributed by atoms with Crippen LogP contribution in [0.2, 0.25) is 0 Å². The number of ether oxygens (including phenoxy) is 1. The van der Waals surface area contributed by atoms with Gasteiger partial charge in [-0.2, -0.15) is 0 Å². The molecule has 0 spiro atoms. The second kappa shape index (κ2) is 5.53. The highest BCUT2D eigenvalue weighted by molar-refractivity contribution is 6.11. The van der Waals surface area contributed by atoms with Gasteiger partial charge in [-0.25, -0.2) is 0 Å². The third-order valence-electron chi connectivity index (χ3n) is 6.40. The summed E-state index contributed by atoms with van der Waals surface area (Å²) in [5.74, 6) is 0.878. The molecule has 2 bridgehead atoms. The summed E-state index contributed by atoms with van der Waals surface area (Å²) in [6.07, 6.45) is 2.48. The van der Waals surface area contributed by atoms with Crippen LogP contribution in [0, 0.1) is 11.8 Å². The fourth-order valence-electron chi connectivity index (χ4n) is 4.66. The Morgan fingerprint density at radius 1 is 1.27 bits per heavy atom. The Bertz CT molecular complexity index is 857. The maximum Gasteiger partial charge on any atom is 0.199 e. The van der Waals surface area contributed by atoms with Gasteiger partial charge in [0.1, 0.15) is 11.4 Å². The maximum absolute atomic E-state index is 13.2. The highest BCUT2D eigenvalue weighted by Crippen LogP contribution is 2.58. The number of fused-ring (bicyclic) bond motifs is 1. The summed E-state index contributed by atoms with van der Waals surface area (Å²) < 4.78 is 6.05. The van der Waals surface area contributed by atoms with Crippen molar-refractivity contribution in [3.05, 3.63) is 40.0 Å². The van der Waals surface area contributed by atoms with Crippen molar-refractivity contribution >= 4 is 11.6 Å². The summed E-state index contributed by atoms with van der Waals surface area (Å²) in [5, 5.41) is 10.4. The van der Waals surface area contributed by atoms with Crippen molar-refractivity contribution in [2.45, 2.75) is 65.1 Å². The van der Waals surface area contributed by atoms with Crippen molar-refractivity contribution in [2.24, 2.45) is 11.8 Å². The molecule has 1 aromatic carbocycles. The van der Waals surface area contributed by atoms with E-state index in [1.54, 1.807) is 13.8 Å². The van der Waals surface area contributed by atoms with Crippen LogP contribution in [0.25, 0.3) is 0 Å². The molecule has 138 valence electrons. The monoisotopic (exact) mass is 354 g/mol. The number of carbonyl (C=O) groups excluding carboxylic acids is 2. The summed E-state index contributed by atoms with van der Waals surface area (Å²) in [5.41, 5.74) is 3.21. The van der Waals surface area contributed by atoms with Crippen molar-refractivity contribution in [2.75, 3.05) is 0 Å². The van der Waals surface area contributed by atoms with Crippen molar-refractivity contribution in [3.8, 4) is 5.75 Å². The molecule has 0 unspecified atom stereocenters. The van der Waals surface area contributed by atoms with Crippen LogP contribution in [0.4, 0.5) is 0 Å². The van der Waals surface area contributed by atoms with E-state index in [1.165, 1.54) is 5.57 Å². The lowest BCUT2D eigenvalue weighted by Gasteiger charge is -2.50. The number of aliphatic hydroxyl groups is 1. The largest absolute Gasteiger partial charge is 0.483 e. The van der Waals surface area contributed by atoms with Gasteiger partial charge in [-0.15, -0.1) is 0 Å². The van der Waals surface area contributed by atoms with Crippen molar-refractivity contribution in [1.82, 2.24) is 0 Å². The van der Waals surface area contributed by atoms with Crippen LogP contribution in [-0.2, 0) is 6.42 Å². The number of allylic oxidation sites excluding steroid dienone is 2. The molecule has 1 fully saturated rings. The van der Waals surface area contributed by atoms with Crippen molar-refractivity contribution in [1.29, 1.82) is 0 Å². The SMILES string of the molecule is CC(C)=CCc1cc2c(c3c1[C@@H]1C[C@H](C3=O)[C@@H]1C)OC(C)(C)[C@H](O)C2=O. The average molecular weight is 354 g/mol. The quantitative estimate of drug-likeness (QED) is 0.820. The Hall–Kier alpha value is -1.94. The topological polar surface area (TPSA) is 63.6 Å². The first-order valence-electron chi connectivity index (χ1n) is 9.42. The van der Waals surface area contributed by atoms with Gasteiger partial charge in [-0.3, -0.25) is 9.59 Å². The van der Waals surface area contributed by atoms with Gasteiger partial charge < -0.3 is 9.84 Å². The Balaban J connectivity index is 1.97. The normalized spacial score (nSPS) is 30.7. The molecule has 1 aromatic rings. The molecular weight excluding hydrogens is 328 g/mol. The smallest absolute Gasteiger partial charge is 0.199 e. The van der Waals surface area contributed by atoms with Gasteiger partial charge >= 0.3 is 0 Å². The van der Waals surface area contributed by atoms with Crippen LogP contribution in [0.3, 0.4) is 0 Å². The molecule has 1 N–H and O–H groups in total. The van der Waals surface area contributed by atoms with Crippen LogP contribution < -0.4 is 4.74 Å². The van der Waals surface area contributed by atoms with E-state index in [1.807, 2.05) is 19.9 Å². The van der Waals surface area contributed by atoms with E-state index in [4.69, 9.17) is 4.74 Å². The summed E-state index contributed by atoms with van der Waals surface area (Å²) >= 11 is 0. The number of ketones is 2. The number of hydrogen-bond donors (Lipinski definition) is 1. The molecule has 0 amide bonds. The lowest BCUT2D eigenvalue weighted by Crippen LogP contribution is -2.52. The first kappa shape index (κ1) is 17.5. The Labute approximate surface area is 154 Å². The molecular formula is C22H26O4. The minimum absolute atomic E-state index is 0.0315. The Kier molecular flexibility index (Phi) is 3.71. The van der Waals surface area contributed by atoms with Crippen LogP contribution in [-0.4, -0.2) is 28.4 Å². The third-order valence-corrected chi connectivity index (χ3v) is 6.40. The highest BCUT2D eigenvalue weighted by Gasteiger charge is 2.53.